The minimum absolute atomic E-state index is 0.244. The molecule has 0 aliphatic carbocycles. The summed E-state index contributed by atoms with van der Waals surface area (Å²) in [6, 6.07) is 11.1. The summed E-state index contributed by atoms with van der Waals surface area (Å²) in [5.41, 5.74) is 3.57. The van der Waals surface area contributed by atoms with Gasteiger partial charge in [-0.1, -0.05) is 12.1 Å². The normalized spacial score (nSPS) is 10.6. The predicted octanol–water partition coefficient (Wildman–Crippen LogP) is 3.56. The van der Waals surface area contributed by atoms with Gasteiger partial charge in [-0.3, -0.25) is 0 Å². The Kier molecular flexibility index (Phi) is 4.64. The minimum atomic E-state index is 0.244. The molecule has 0 atom stereocenters. The van der Waals surface area contributed by atoms with Crippen LogP contribution in [0.5, 0.6) is 17.2 Å². The summed E-state index contributed by atoms with van der Waals surface area (Å²) in [4.78, 5) is 0. The third-order valence-electron chi connectivity index (χ3n) is 3.24. The van der Waals surface area contributed by atoms with E-state index >= 15 is 0 Å². The summed E-state index contributed by atoms with van der Waals surface area (Å²) < 4.78 is 5.93. The molecule has 0 aromatic heterocycles. The topological polar surface area (TPSA) is 41.5 Å². The van der Waals surface area contributed by atoms with Crippen LogP contribution in [0.4, 0.5) is 0 Å². The number of aromatic hydroxyl groups is 1. The number of aryl methyl sites for hydroxylation is 2. The number of nitrogens with one attached hydrogen (secondary N) is 1. The molecule has 0 saturated heterocycles. The maximum absolute atomic E-state index is 9.29. The number of hydrogen-bond donors (Lipinski definition) is 2. The van der Waals surface area contributed by atoms with Crippen molar-refractivity contribution < 1.29 is 9.84 Å². The fraction of sp³-hybridized carbons (Fsp3) is 0.294. The largest absolute Gasteiger partial charge is 0.508 e. The van der Waals surface area contributed by atoms with Crippen LogP contribution in [0.3, 0.4) is 0 Å². The van der Waals surface area contributed by atoms with Crippen LogP contribution < -0.4 is 10.1 Å². The first kappa shape index (κ1) is 14.4. The molecule has 20 heavy (non-hydrogen) atoms. The van der Waals surface area contributed by atoms with Gasteiger partial charge in [-0.15, -0.1) is 0 Å². The van der Waals surface area contributed by atoms with Crippen LogP contribution in [0.15, 0.2) is 36.4 Å². The summed E-state index contributed by atoms with van der Waals surface area (Å²) in [7, 11) is 1.96. The quantitative estimate of drug-likeness (QED) is 0.873. The molecule has 3 heteroatoms. The molecule has 0 fully saturated rings. The molecule has 0 saturated carbocycles. The SMILES string of the molecule is CNCCc1cc(C)c(Oc2ccc(O)cc2)c(C)c1. The van der Waals surface area contributed by atoms with Gasteiger partial charge in [-0.25, -0.2) is 0 Å². The highest BCUT2D eigenvalue weighted by Crippen LogP contribution is 2.30. The van der Waals surface area contributed by atoms with Gasteiger partial charge in [-0.2, -0.15) is 0 Å². The van der Waals surface area contributed by atoms with Crippen molar-refractivity contribution in [3.63, 3.8) is 0 Å². The lowest BCUT2D eigenvalue weighted by Gasteiger charge is -2.14. The van der Waals surface area contributed by atoms with Gasteiger partial charge in [0.2, 0.25) is 0 Å². The van der Waals surface area contributed by atoms with E-state index in [9.17, 15) is 5.11 Å². The molecular weight excluding hydrogens is 250 g/mol. The van der Waals surface area contributed by atoms with Gasteiger partial charge in [0.15, 0.2) is 0 Å². The van der Waals surface area contributed by atoms with Gasteiger partial charge in [0, 0.05) is 0 Å². The fourth-order valence-electron chi connectivity index (χ4n) is 2.25. The van der Waals surface area contributed by atoms with E-state index in [1.165, 1.54) is 5.56 Å². The molecule has 2 N–H and O–H groups in total. The molecule has 0 amide bonds. The Morgan fingerprint density at radius 3 is 2.20 bits per heavy atom. The van der Waals surface area contributed by atoms with E-state index in [1.807, 2.05) is 7.05 Å². The monoisotopic (exact) mass is 271 g/mol. The number of rotatable bonds is 5. The maximum Gasteiger partial charge on any atom is 0.133 e. The molecule has 0 unspecified atom stereocenters. The Morgan fingerprint density at radius 1 is 1.05 bits per heavy atom. The van der Waals surface area contributed by atoms with Crippen LogP contribution in [0.2, 0.25) is 0 Å². The van der Waals surface area contributed by atoms with Gasteiger partial charge in [-0.05, 0) is 74.8 Å². The Bertz CT molecular complexity index is 553. The first-order valence-electron chi connectivity index (χ1n) is 6.82. The van der Waals surface area contributed by atoms with Crippen LogP contribution in [0.1, 0.15) is 16.7 Å². The van der Waals surface area contributed by atoms with Crippen molar-refractivity contribution in [1.29, 1.82) is 0 Å². The van der Waals surface area contributed by atoms with E-state index in [-0.39, 0.29) is 5.75 Å². The third-order valence-corrected chi connectivity index (χ3v) is 3.24. The molecule has 106 valence electrons. The summed E-state index contributed by atoms with van der Waals surface area (Å²) in [5, 5.41) is 12.4. The maximum atomic E-state index is 9.29. The van der Waals surface area contributed by atoms with Gasteiger partial charge in [0.05, 0.1) is 0 Å². The molecule has 0 aliphatic rings. The van der Waals surface area contributed by atoms with E-state index < -0.39 is 0 Å². The zero-order chi connectivity index (χ0) is 14.5. The number of ether oxygens (including phenoxy) is 1. The second-order valence-electron chi connectivity index (χ2n) is 5.01. The lowest BCUT2D eigenvalue weighted by Crippen LogP contribution is -2.10. The molecule has 0 spiro atoms. The Hall–Kier alpha value is -2.00. The summed E-state index contributed by atoms with van der Waals surface area (Å²) in [6.07, 6.45) is 1.01. The highest BCUT2D eigenvalue weighted by atomic mass is 16.5. The fourth-order valence-corrected chi connectivity index (χ4v) is 2.25. The molecule has 2 aromatic rings. The molecule has 0 radical (unpaired) electrons. The zero-order valence-electron chi connectivity index (χ0n) is 12.2. The van der Waals surface area contributed by atoms with Gasteiger partial charge in [0.1, 0.15) is 17.2 Å². The Balaban J connectivity index is 2.21. The van der Waals surface area contributed by atoms with Gasteiger partial charge < -0.3 is 15.2 Å². The second-order valence-corrected chi connectivity index (χ2v) is 5.01. The summed E-state index contributed by atoms with van der Waals surface area (Å²) >= 11 is 0. The summed E-state index contributed by atoms with van der Waals surface area (Å²) in [5.74, 6) is 1.87. The highest BCUT2D eigenvalue weighted by Gasteiger charge is 2.08. The number of likely N-dealkylation sites (N-methyl/N-ethyl adjacent to an activating group) is 1. The smallest absolute Gasteiger partial charge is 0.133 e. The van der Waals surface area contributed by atoms with E-state index in [2.05, 4.69) is 31.3 Å². The average Bonchev–Trinajstić information content (AvgIpc) is 2.42. The Morgan fingerprint density at radius 2 is 1.65 bits per heavy atom. The first-order valence-corrected chi connectivity index (χ1v) is 6.82. The summed E-state index contributed by atoms with van der Waals surface area (Å²) in [6.45, 7) is 5.09. The molecule has 0 aliphatic heterocycles. The van der Waals surface area contributed by atoms with E-state index in [0.29, 0.717) is 0 Å². The lowest BCUT2D eigenvalue weighted by atomic mass is 10.0. The van der Waals surface area contributed by atoms with Crippen LogP contribution in [-0.2, 0) is 6.42 Å². The second kappa shape index (κ2) is 6.44. The standard InChI is InChI=1S/C17H21NO2/c1-12-10-14(8-9-18-3)11-13(2)17(12)20-16-6-4-15(19)5-7-16/h4-7,10-11,18-19H,8-9H2,1-3H3. The molecule has 2 rings (SSSR count). The first-order chi connectivity index (χ1) is 9.60. The van der Waals surface area contributed by atoms with Crippen molar-refractivity contribution >= 4 is 0 Å². The molecule has 2 aromatic carbocycles. The zero-order valence-corrected chi connectivity index (χ0v) is 12.2. The third kappa shape index (κ3) is 3.52. The van der Waals surface area contributed by atoms with Crippen molar-refractivity contribution in [3.05, 3.63) is 53.1 Å². The van der Waals surface area contributed by atoms with Gasteiger partial charge in [0.25, 0.3) is 0 Å². The molecule has 0 bridgehead atoms. The molecule has 3 nitrogen and oxygen atoms in total. The number of phenols is 1. The lowest BCUT2D eigenvalue weighted by molar-refractivity contribution is 0.461. The predicted molar refractivity (Wildman–Crippen MR) is 81.7 cm³/mol. The number of benzene rings is 2. The van der Waals surface area contributed by atoms with Crippen LogP contribution in [0, 0.1) is 13.8 Å². The van der Waals surface area contributed by atoms with E-state index in [4.69, 9.17) is 4.74 Å². The molecule has 0 heterocycles. The van der Waals surface area contributed by atoms with Crippen LogP contribution in [0.25, 0.3) is 0 Å². The van der Waals surface area contributed by atoms with Crippen molar-refractivity contribution in [2.45, 2.75) is 20.3 Å². The van der Waals surface area contributed by atoms with Crippen molar-refractivity contribution in [2.75, 3.05) is 13.6 Å². The number of phenolic OH excluding ortho intramolecular Hbond substituents is 1. The molecular formula is C17H21NO2. The average molecular weight is 271 g/mol. The van der Waals surface area contributed by atoms with Gasteiger partial charge >= 0.3 is 0 Å². The van der Waals surface area contributed by atoms with Crippen molar-refractivity contribution in [3.8, 4) is 17.2 Å². The highest BCUT2D eigenvalue weighted by molar-refractivity contribution is 5.46. The Labute approximate surface area is 120 Å². The van der Waals surface area contributed by atoms with Crippen molar-refractivity contribution in [1.82, 2.24) is 5.32 Å². The van der Waals surface area contributed by atoms with Crippen LogP contribution >= 0.6 is 0 Å². The minimum Gasteiger partial charge on any atom is -0.508 e. The van der Waals surface area contributed by atoms with E-state index in [0.717, 1.165) is 35.6 Å². The van der Waals surface area contributed by atoms with Crippen LogP contribution in [-0.4, -0.2) is 18.7 Å². The number of hydrogen-bond acceptors (Lipinski definition) is 3. The van der Waals surface area contributed by atoms with Crippen molar-refractivity contribution in [2.24, 2.45) is 0 Å². The van der Waals surface area contributed by atoms with E-state index in [1.54, 1.807) is 24.3 Å².